The summed E-state index contributed by atoms with van der Waals surface area (Å²) in [4.78, 5) is 19.0. The van der Waals surface area contributed by atoms with Crippen LogP contribution in [0, 0.1) is 6.92 Å². The molecule has 1 aliphatic rings. The first-order valence-corrected chi connectivity index (χ1v) is 9.06. The monoisotopic (exact) mass is 368 g/mol. The van der Waals surface area contributed by atoms with Gasteiger partial charge in [0.25, 0.3) is 5.91 Å². The van der Waals surface area contributed by atoms with Crippen molar-refractivity contribution in [1.29, 1.82) is 0 Å². The number of aromatic nitrogens is 6. The number of nitrogens with one attached hydrogen (secondary N) is 1. The Morgan fingerprint density at radius 2 is 2.07 bits per heavy atom. The van der Waals surface area contributed by atoms with Gasteiger partial charge in [-0.1, -0.05) is 0 Å². The van der Waals surface area contributed by atoms with Crippen molar-refractivity contribution in [3.8, 4) is 0 Å². The lowest BCUT2D eigenvalue weighted by Crippen LogP contribution is -2.44. The summed E-state index contributed by atoms with van der Waals surface area (Å²) in [5, 5.41) is 16.0. The van der Waals surface area contributed by atoms with E-state index in [2.05, 4.69) is 35.1 Å². The van der Waals surface area contributed by atoms with E-state index < -0.39 is 0 Å². The van der Waals surface area contributed by atoms with E-state index in [4.69, 9.17) is 0 Å². The van der Waals surface area contributed by atoms with Crippen molar-refractivity contribution in [2.24, 2.45) is 7.05 Å². The summed E-state index contributed by atoms with van der Waals surface area (Å²) in [5.41, 5.74) is 2.08. The number of aryl methyl sites for hydroxylation is 1. The van der Waals surface area contributed by atoms with Gasteiger partial charge in [0, 0.05) is 31.4 Å². The van der Waals surface area contributed by atoms with E-state index in [9.17, 15) is 4.79 Å². The number of hydrogen-bond acceptors (Lipinski definition) is 6. The summed E-state index contributed by atoms with van der Waals surface area (Å²) < 4.78 is 3.71. The van der Waals surface area contributed by atoms with E-state index in [0.29, 0.717) is 17.1 Å². The van der Waals surface area contributed by atoms with Gasteiger partial charge in [0.2, 0.25) is 0 Å². The minimum absolute atomic E-state index is 0.129. The molecule has 9 heteroatoms. The predicted octanol–water partition coefficient (Wildman–Crippen LogP) is 0.904. The Bertz CT molecular complexity index is 983. The molecule has 0 unspecified atom stereocenters. The summed E-state index contributed by atoms with van der Waals surface area (Å²) in [6.07, 6.45) is 6.91. The van der Waals surface area contributed by atoms with E-state index in [1.807, 2.05) is 34.3 Å². The van der Waals surface area contributed by atoms with Gasteiger partial charge in [-0.15, -0.1) is 10.2 Å². The van der Waals surface area contributed by atoms with Gasteiger partial charge in [0.1, 0.15) is 17.2 Å². The third kappa shape index (κ3) is 3.30. The molecule has 1 fully saturated rings. The molecular weight excluding hydrogens is 344 g/mol. The fourth-order valence-electron chi connectivity index (χ4n) is 3.49. The highest BCUT2D eigenvalue weighted by molar-refractivity contribution is 5.99. The van der Waals surface area contributed by atoms with Gasteiger partial charge in [0.15, 0.2) is 5.65 Å². The molecule has 3 aromatic rings. The maximum absolute atomic E-state index is 12.6. The largest absolute Gasteiger partial charge is 0.349 e. The molecule has 9 nitrogen and oxygen atoms in total. The molecule has 0 bridgehead atoms. The van der Waals surface area contributed by atoms with Gasteiger partial charge >= 0.3 is 0 Å². The number of carbonyl (C=O) groups is 1. The van der Waals surface area contributed by atoms with Gasteiger partial charge in [0.05, 0.1) is 12.7 Å². The molecule has 0 spiro atoms. The van der Waals surface area contributed by atoms with E-state index in [-0.39, 0.29) is 11.9 Å². The zero-order valence-corrected chi connectivity index (χ0v) is 16.0. The number of nitrogens with zero attached hydrogens (tertiary/aromatic N) is 7. The molecule has 4 rings (SSSR count). The first kappa shape index (κ1) is 17.6. The van der Waals surface area contributed by atoms with Gasteiger partial charge < -0.3 is 14.8 Å². The number of amides is 1. The maximum atomic E-state index is 12.6. The van der Waals surface area contributed by atoms with Gasteiger partial charge in [-0.05, 0) is 39.4 Å². The molecule has 1 amide bonds. The highest BCUT2D eigenvalue weighted by atomic mass is 16.1. The van der Waals surface area contributed by atoms with Crippen molar-refractivity contribution < 1.29 is 4.79 Å². The second-order valence-corrected chi connectivity index (χ2v) is 7.57. The van der Waals surface area contributed by atoms with Crippen LogP contribution in [0.15, 0.2) is 18.6 Å². The number of hydrogen-bond donors (Lipinski definition) is 1. The summed E-state index contributed by atoms with van der Waals surface area (Å²) in [6.45, 7) is 2.70. The Hall–Kier alpha value is -2.81. The van der Waals surface area contributed by atoms with Crippen LogP contribution in [0.4, 0.5) is 0 Å². The lowest BCUT2D eigenvalue weighted by molar-refractivity contribution is 0.0908. The normalized spacial score (nSPS) is 19.4. The summed E-state index contributed by atoms with van der Waals surface area (Å²) in [6, 6.07) is 0.136. The molecule has 0 atom stereocenters. The molecule has 1 aliphatic carbocycles. The molecule has 3 heterocycles. The SMILES string of the molecule is Cc1cnc2c(C(=O)NC3CC(c4nnc(CN(C)C)n4C)C3)cnn2c1. The fraction of sp³-hybridized carbons (Fsp3) is 0.500. The van der Waals surface area contributed by atoms with Crippen molar-refractivity contribution >= 4 is 11.6 Å². The van der Waals surface area contributed by atoms with Crippen molar-refractivity contribution in [2.75, 3.05) is 14.1 Å². The molecule has 3 aromatic heterocycles. The van der Waals surface area contributed by atoms with Crippen LogP contribution in [0.25, 0.3) is 5.65 Å². The average Bonchev–Trinajstić information content (AvgIpc) is 3.14. The number of carbonyl (C=O) groups excluding carboxylic acids is 1. The molecule has 142 valence electrons. The molecule has 0 aromatic carbocycles. The molecule has 27 heavy (non-hydrogen) atoms. The third-order valence-electron chi connectivity index (χ3n) is 5.02. The zero-order chi connectivity index (χ0) is 19.1. The first-order valence-electron chi connectivity index (χ1n) is 9.06. The smallest absolute Gasteiger partial charge is 0.256 e. The van der Waals surface area contributed by atoms with Gasteiger partial charge in [-0.25, -0.2) is 9.50 Å². The number of rotatable bonds is 5. The second kappa shape index (κ2) is 6.73. The number of fused-ring (bicyclic) bond motifs is 1. The molecular formula is C18H24N8O. The Kier molecular flexibility index (Phi) is 4.39. The molecule has 1 saturated carbocycles. The van der Waals surface area contributed by atoms with Gasteiger partial charge in [-0.3, -0.25) is 4.79 Å². The molecule has 0 aliphatic heterocycles. The van der Waals surface area contributed by atoms with Crippen molar-refractivity contribution in [2.45, 2.75) is 38.3 Å². The van der Waals surface area contributed by atoms with E-state index in [1.165, 1.54) is 0 Å². The van der Waals surface area contributed by atoms with Crippen LogP contribution < -0.4 is 5.32 Å². The Morgan fingerprint density at radius 3 is 2.81 bits per heavy atom. The van der Waals surface area contributed by atoms with E-state index in [1.54, 1.807) is 16.9 Å². The van der Waals surface area contributed by atoms with Crippen LogP contribution >= 0.6 is 0 Å². The average molecular weight is 368 g/mol. The molecule has 0 saturated heterocycles. The van der Waals surface area contributed by atoms with Crippen LogP contribution in [0.3, 0.4) is 0 Å². The Balaban J connectivity index is 1.39. The fourth-order valence-corrected chi connectivity index (χ4v) is 3.49. The van der Waals surface area contributed by atoms with Crippen molar-refractivity contribution in [3.05, 3.63) is 41.4 Å². The second-order valence-electron chi connectivity index (χ2n) is 7.57. The molecule has 0 radical (unpaired) electrons. The Morgan fingerprint density at radius 1 is 1.30 bits per heavy atom. The standard InChI is InChI=1S/C18H24N8O/c1-11-7-19-17-14(8-20-26(17)9-11)18(27)21-13-5-12(6-13)16-23-22-15(25(16)4)10-24(2)3/h7-9,12-13H,5-6,10H2,1-4H3,(H,21,27). The quantitative estimate of drug-likeness (QED) is 0.719. The highest BCUT2D eigenvalue weighted by Gasteiger charge is 2.35. The van der Waals surface area contributed by atoms with Crippen molar-refractivity contribution in [1.82, 2.24) is 39.6 Å². The van der Waals surface area contributed by atoms with Crippen LogP contribution in [0.5, 0.6) is 0 Å². The van der Waals surface area contributed by atoms with Crippen LogP contribution in [-0.4, -0.2) is 60.3 Å². The minimum atomic E-state index is -0.129. The topological polar surface area (TPSA) is 93.2 Å². The van der Waals surface area contributed by atoms with E-state index in [0.717, 1.165) is 36.6 Å². The summed E-state index contributed by atoms with van der Waals surface area (Å²) >= 11 is 0. The van der Waals surface area contributed by atoms with Gasteiger partial charge in [-0.2, -0.15) is 5.10 Å². The lowest BCUT2D eigenvalue weighted by Gasteiger charge is -2.35. The summed E-state index contributed by atoms with van der Waals surface area (Å²) in [7, 11) is 6.03. The van der Waals surface area contributed by atoms with Crippen LogP contribution in [0.1, 0.15) is 46.3 Å². The maximum Gasteiger partial charge on any atom is 0.256 e. The third-order valence-corrected chi connectivity index (χ3v) is 5.02. The van der Waals surface area contributed by atoms with E-state index >= 15 is 0 Å². The highest BCUT2D eigenvalue weighted by Crippen LogP contribution is 2.36. The predicted molar refractivity (Wildman–Crippen MR) is 99.3 cm³/mol. The Labute approximate surface area is 157 Å². The molecule has 1 N–H and O–H groups in total. The minimum Gasteiger partial charge on any atom is -0.349 e. The lowest BCUT2D eigenvalue weighted by atomic mass is 9.79. The first-order chi connectivity index (χ1) is 12.9. The zero-order valence-electron chi connectivity index (χ0n) is 16.0. The van der Waals surface area contributed by atoms with Crippen LogP contribution in [0.2, 0.25) is 0 Å². The van der Waals surface area contributed by atoms with Crippen molar-refractivity contribution in [3.63, 3.8) is 0 Å². The summed E-state index contributed by atoms with van der Waals surface area (Å²) in [5.74, 6) is 2.14. The van der Waals surface area contributed by atoms with Crippen LogP contribution in [-0.2, 0) is 13.6 Å².